The van der Waals surface area contributed by atoms with E-state index in [0.29, 0.717) is 0 Å². The molecule has 1 heterocycles. The second kappa shape index (κ2) is 5.51. The third kappa shape index (κ3) is 2.57. The summed E-state index contributed by atoms with van der Waals surface area (Å²) in [5.41, 5.74) is 1.11. The van der Waals surface area contributed by atoms with Gasteiger partial charge in [-0.05, 0) is 26.0 Å². The van der Waals surface area contributed by atoms with E-state index in [1.165, 1.54) is 0 Å². The van der Waals surface area contributed by atoms with Crippen molar-refractivity contribution >= 4 is 11.9 Å². The lowest BCUT2D eigenvalue weighted by Crippen LogP contribution is -2.07. The minimum atomic E-state index is -0.933. The predicted molar refractivity (Wildman–Crippen MR) is 72.3 cm³/mol. The van der Waals surface area contributed by atoms with Gasteiger partial charge in [0.15, 0.2) is 5.82 Å². The van der Waals surface area contributed by atoms with E-state index in [4.69, 9.17) is 5.11 Å². The molecule has 19 heavy (non-hydrogen) atoms. The molecule has 1 aromatic carbocycles. The standard InChI is InChI=1S/C13H16N4O2/c1-3-14-13-16-15-11(17(13)4-2)9-5-7-10(8-6-9)12(18)19/h5-8H,3-4H2,1-2H3,(H,14,16)(H,18,19). The molecule has 0 unspecified atom stereocenters. The van der Waals surface area contributed by atoms with E-state index >= 15 is 0 Å². The van der Waals surface area contributed by atoms with Gasteiger partial charge in [-0.2, -0.15) is 0 Å². The van der Waals surface area contributed by atoms with E-state index in [-0.39, 0.29) is 5.56 Å². The predicted octanol–water partition coefficient (Wildman–Crippen LogP) is 2.09. The van der Waals surface area contributed by atoms with Gasteiger partial charge in [-0.25, -0.2) is 4.79 Å². The third-order valence-corrected chi connectivity index (χ3v) is 2.79. The Morgan fingerprint density at radius 3 is 2.47 bits per heavy atom. The first-order valence-corrected chi connectivity index (χ1v) is 6.18. The summed E-state index contributed by atoms with van der Waals surface area (Å²) in [4.78, 5) is 10.8. The van der Waals surface area contributed by atoms with Crippen molar-refractivity contribution in [3.63, 3.8) is 0 Å². The molecule has 0 atom stereocenters. The topological polar surface area (TPSA) is 80.0 Å². The van der Waals surface area contributed by atoms with Crippen LogP contribution in [0.1, 0.15) is 24.2 Å². The zero-order chi connectivity index (χ0) is 13.8. The maximum atomic E-state index is 10.8. The molecule has 0 amide bonds. The van der Waals surface area contributed by atoms with Crippen molar-refractivity contribution in [2.24, 2.45) is 0 Å². The van der Waals surface area contributed by atoms with Gasteiger partial charge < -0.3 is 10.4 Å². The summed E-state index contributed by atoms with van der Waals surface area (Å²) in [5.74, 6) is 0.523. The molecule has 0 saturated heterocycles. The summed E-state index contributed by atoms with van der Waals surface area (Å²) in [6.07, 6.45) is 0. The smallest absolute Gasteiger partial charge is 0.335 e. The monoisotopic (exact) mass is 260 g/mol. The van der Waals surface area contributed by atoms with Crippen LogP contribution in [-0.4, -0.2) is 32.4 Å². The zero-order valence-corrected chi connectivity index (χ0v) is 10.9. The molecule has 0 radical (unpaired) electrons. The first-order valence-electron chi connectivity index (χ1n) is 6.18. The molecular weight excluding hydrogens is 244 g/mol. The Balaban J connectivity index is 2.38. The fraction of sp³-hybridized carbons (Fsp3) is 0.308. The molecule has 0 aliphatic heterocycles. The lowest BCUT2D eigenvalue weighted by molar-refractivity contribution is 0.0697. The first-order chi connectivity index (χ1) is 9.17. The number of aromatic nitrogens is 3. The molecular formula is C13H16N4O2. The Morgan fingerprint density at radius 2 is 1.95 bits per heavy atom. The molecule has 0 spiro atoms. The van der Waals surface area contributed by atoms with Crippen LogP contribution in [0.4, 0.5) is 5.95 Å². The van der Waals surface area contributed by atoms with E-state index < -0.39 is 5.97 Å². The summed E-state index contributed by atoms with van der Waals surface area (Å²) < 4.78 is 1.96. The molecule has 0 bridgehead atoms. The number of aromatic carboxylic acids is 1. The number of nitrogens with zero attached hydrogens (tertiary/aromatic N) is 3. The molecule has 2 N–H and O–H groups in total. The van der Waals surface area contributed by atoms with Crippen LogP contribution >= 0.6 is 0 Å². The van der Waals surface area contributed by atoms with Gasteiger partial charge in [0.25, 0.3) is 0 Å². The molecule has 1 aromatic heterocycles. The summed E-state index contributed by atoms with van der Waals surface area (Å²) in [5, 5.41) is 20.3. The molecule has 0 saturated carbocycles. The van der Waals surface area contributed by atoms with Crippen LogP contribution in [0, 0.1) is 0 Å². The number of carboxylic acid groups (broad SMARTS) is 1. The van der Waals surface area contributed by atoms with Crippen LogP contribution in [0.5, 0.6) is 0 Å². The highest BCUT2D eigenvalue weighted by Gasteiger charge is 2.12. The molecule has 6 nitrogen and oxygen atoms in total. The van der Waals surface area contributed by atoms with E-state index in [9.17, 15) is 4.79 Å². The van der Waals surface area contributed by atoms with Gasteiger partial charge in [0.2, 0.25) is 5.95 Å². The van der Waals surface area contributed by atoms with Gasteiger partial charge >= 0.3 is 5.97 Å². The number of nitrogens with one attached hydrogen (secondary N) is 1. The van der Waals surface area contributed by atoms with Gasteiger partial charge in [0.05, 0.1) is 5.56 Å². The highest BCUT2D eigenvalue weighted by atomic mass is 16.4. The van der Waals surface area contributed by atoms with Crippen molar-refractivity contribution < 1.29 is 9.90 Å². The maximum Gasteiger partial charge on any atom is 0.335 e. The Kier molecular flexibility index (Phi) is 3.79. The van der Waals surface area contributed by atoms with Crippen molar-refractivity contribution in [1.29, 1.82) is 0 Å². The molecule has 2 rings (SSSR count). The average molecular weight is 260 g/mol. The minimum Gasteiger partial charge on any atom is -0.478 e. The Bertz CT molecular complexity index is 575. The summed E-state index contributed by atoms with van der Waals surface area (Å²) in [6.45, 7) is 5.52. The van der Waals surface area contributed by atoms with Crippen molar-refractivity contribution in [1.82, 2.24) is 14.8 Å². The summed E-state index contributed by atoms with van der Waals surface area (Å²) >= 11 is 0. The number of carbonyl (C=O) groups is 1. The van der Waals surface area contributed by atoms with Crippen molar-refractivity contribution in [2.45, 2.75) is 20.4 Å². The number of benzene rings is 1. The fourth-order valence-corrected chi connectivity index (χ4v) is 1.87. The molecule has 2 aromatic rings. The Labute approximate surface area is 111 Å². The van der Waals surface area contributed by atoms with E-state index in [0.717, 1.165) is 30.4 Å². The first kappa shape index (κ1) is 13.1. The third-order valence-electron chi connectivity index (χ3n) is 2.79. The highest BCUT2D eigenvalue weighted by molar-refractivity contribution is 5.88. The van der Waals surface area contributed by atoms with E-state index in [2.05, 4.69) is 15.5 Å². The van der Waals surface area contributed by atoms with E-state index in [1.54, 1.807) is 24.3 Å². The van der Waals surface area contributed by atoms with Crippen LogP contribution in [0.3, 0.4) is 0 Å². The zero-order valence-electron chi connectivity index (χ0n) is 10.9. The van der Waals surface area contributed by atoms with Gasteiger partial charge in [-0.15, -0.1) is 10.2 Å². The SMILES string of the molecule is CCNc1nnc(-c2ccc(C(=O)O)cc2)n1CC. The minimum absolute atomic E-state index is 0.262. The van der Waals surface area contributed by atoms with Gasteiger partial charge in [0.1, 0.15) is 0 Å². The molecule has 0 fully saturated rings. The van der Waals surface area contributed by atoms with Crippen LogP contribution in [0.2, 0.25) is 0 Å². The van der Waals surface area contributed by atoms with Gasteiger partial charge in [-0.1, -0.05) is 12.1 Å². The number of rotatable bonds is 5. The Hall–Kier alpha value is -2.37. The maximum absolute atomic E-state index is 10.8. The van der Waals surface area contributed by atoms with Crippen molar-refractivity contribution in [3.05, 3.63) is 29.8 Å². The lowest BCUT2D eigenvalue weighted by atomic mass is 10.1. The second-order valence-electron chi connectivity index (χ2n) is 4.00. The molecule has 6 heteroatoms. The van der Waals surface area contributed by atoms with Crippen LogP contribution in [-0.2, 0) is 6.54 Å². The number of hydrogen-bond donors (Lipinski definition) is 2. The number of carboxylic acids is 1. The van der Waals surface area contributed by atoms with Crippen LogP contribution < -0.4 is 5.32 Å². The van der Waals surface area contributed by atoms with Crippen LogP contribution in [0.15, 0.2) is 24.3 Å². The molecule has 100 valence electrons. The Morgan fingerprint density at radius 1 is 1.26 bits per heavy atom. The van der Waals surface area contributed by atoms with Gasteiger partial charge in [-0.3, -0.25) is 4.57 Å². The quantitative estimate of drug-likeness (QED) is 0.860. The largest absolute Gasteiger partial charge is 0.478 e. The van der Waals surface area contributed by atoms with Gasteiger partial charge in [0, 0.05) is 18.7 Å². The number of anilines is 1. The average Bonchev–Trinajstić information content (AvgIpc) is 2.82. The second-order valence-corrected chi connectivity index (χ2v) is 4.00. The molecule has 0 aliphatic rings. The summed E-state index contributed by atoms with van der Waals surface area (Å²) in [7, 11) is 0. The van der Waals surface area contributed by atoms with Crippen molar-refractivity contribution in [3.8, 4) is 11.4 Å². The lowest BCUT2D eigenvalue weighted by Gasteiger charge is -2.08. The highest BCUT2D eigenvalue weighted by Crippen LogP contribution is 2.21. The van der Waals surface area contributed by atoms with Crippen molar-refractivity contribution in [2.75, 3.05) is 11.9 Å². The normalized spacial score (nSPS) is 10.4. The number of hydrogen-bond acceptors (Lipinski definition) is 4. The fourth-order valence-electron chi connectivity index (χ4n) is 1.87. The van der Waals surface area contributed by atoms with E-state index in [1.807, 2.05) is 18.4 Å². The summed E-state index contributed by atoms with van der Waals surface area (Å²) in [6, 6.07) is 6.63. The molecule has 0 aliphatic carbocycles. The van der Waals surface area contributed by atoms with Crippen LogP contribution in [0.25, 0.3) is 11.4 Å².